The van der Waals surface area contributed by atoms with Gasteiger partial charge < -0.3 is 5.11 Å². The van der Waals surface area contributed by atoms with E-state index in [0.29, 0.717) is 12.1 Å². The molecule has 0 spiro atoms. The zero-order valence-corrected chi connectivity index (χ0v) is 10.8. The molecule has 1 N–H and O–H groups in total. The average Bonchev–Trinajstić information content (AvgIpc) is 2.97. The lowest BCUT2D eigenvalue weighted by Crippen LogP contribution is -2.31. The van der Waals surface area contributed by atoms with Gasteiger partial charge in [0.15, 0.2) is 0 Å². The molecular weight excluding hydrogens is 214 g/mol. The molecule has 2 rings (SSSR count). The summed E-state index contributed by atoms with van der Waals surface area (Å²) in [5.41, 5.74) is 1.12. The van der Waals surface area contributed by atoms with Crippen molar-refractivity contribution in [3.8, 4) is 0 Å². The Morgan fingerprint density at radius 1 is 1.59 bits per heavy atom. The SMILES string of the molecule is CCC(C)n1ccc(CN2CCC[C@H]2CO)n1. The Morgan fingerprint density at radius 2 is 2.41 bits per heavy atom. The first-order valence-corrected chi connectivity index (χ1v) is 6.63. The minimum atomic E-state index is 0.270. The largest absolute Gasteiger partial charge is 0.395 e. The van der Waals surface area contributed by atoms with Crippen molar-refractivity contribution in [1.29, 1.82) is 0 Å². The van der Waals surface area contributed by atoms with Gasteiger partial charge in [-0.2, -0.15) is 5.10 Å². The van der Waals surface area contributed by atoms with E-state index < -0.39 is 0 Å². The topological polar surface area (TPSA) is 41.3 Å². The van der Waals surface area contributed by atoms with Crippen molar-refractivity contribution in [3.05, 3.63) is 18.0 Å². The maximum atomic E-state index is 9.28. The molecule has 17 heavy (non-hydrogen) atoms. The van der Waals surface area contributed by atoms with Gasteiger partial charge in [0.05, 0.1) is 12.3 Å². The fourth-order valence-electron chi connectivity index (χ4n) is 2.41. The quantitative estimate of drug-likeness (QED) is 0.849. The molecule has 1 aromatic rings. The van der Waals surface area contributed by atoms with E-state index in [1.54, 1.807) is 0 Å². The maximum Gasteiger partial charge on any atom is 0.0765 e. The summed E-state index contributed by atoms with van der Waals surface area (Å²) in [6.45, 7) is 6.58. The van der Waals surface area contributed by atoms with Crippen LogP contribution in [0, 0.1) is 0 Å². The molecule has 96 valence electrons. The number of aliphatic hydroxyl groups is 1. The number of aliphatic hydroxyl groups excluding tert-OH is 1. The van der Waals surface area contributed by atoms with Crippen LogP contribution in [0.1, 0.15) is 44.8 Å². The van der Waals surface area contributed by atoms with Crippen molar-refractivity contribution in [2.75, 3.05) is 13.2 Å². The van der Waals surface area contributed by atoms with Gasteiger partial charge in [0.2, 0.25) is 0 Å². The third kappa shape index (κ3) is 2.87. The van der Waals surface area contributed by atoms with Gasteiger partial charge in [0, 0.05) is 24.8 Å². The van der Waals surface area contributed by atoms with E-state index in [4.69, 9.17) is 0 Å². The first kappa shape index (κ1) is 12.6. The molecule has 0 amide bonds. The molecule has 2 atom stereocenters. The van der Waals surface area contributed by atoms with Crippen LogP contribution in [-0.4, -0.2) is 39.0 Å². The van der Waals surface area contributed by atoms with Crippen LogP contribution >= 0.6 is 0 Å². The molecule has 4 nitrogen and oxygen atoms in total. The van der Waals surface area contributed by atoms with E-state index in [2.05, 4.69) is 36.1 Å². The summed E-state index contributed by atoms with van der Waals surface area (Å²) in [5, 5.41) is 13.9. The Morgan fingerprint density at radius 3 is 3.12 bits per heavy atom. The Kier molecular flexibility index (Phi) is 4.18. The van der Waals surface area contributed by atoms with Gasteiger partial charge in [-0.25, -0.2) is 0 Å². The maximum absolute atomic E-state index is 9.28. The molecule has 1 aliphatic rings. The standard InChI is InChI=1S/C13H23N3O/c1-3-11(2)16-8-6-12(14-16)9-15-7-4-5-13(15)10-17/h6,8,11,13,17H,3-5,7,9-10H2,1-2H3/t11?,13-/m0/s1. The molecule has 1 saturated heterocycles. The van der Waals surface area contributed by atoms with Crippen molar-refractivity contribution in [2.24, 2.45) is 0 Å². The van der Waals surface area contributed by atoms with E-state index in [0.717, 1.165) is 31.6 Å². The predicted octanol–water partition coefficient (Wildman–Crippen LogP) is 1.81. The number of rotatable bonds is 5. The van der Waals surface area contributed by atoms with Crippen LogP contribution in [0.4, 0.5) is 0 Å². The Bertz CT molecular complexity index is 350. The first-order valence-electron chi connectivity index (χ1n) is 6.63. The average molecular weight is 237 g/mol. The van der Waals surface area contributed by atoms with Crippen LogP contribution in [0.15, 0.2) is 12.3 Å². The van der Waals surface area contributed by atoms with Crippen molar-refractivity contribution < 1.29 is 5.11 Å². The van der Waals surface area contributed by atoms with E-state index in [1.807, 2.05) is 4.68 Å². The molecule has 0 aliphatic carbocycles. The van der Waals surface area contributed by atoms with Crippen molar-refractivity contribution in [2.45, 2.75) is 51.7 Å². The summed E-state index contributed by atoms with van der Waals surface area (Å²) in [6, 6.07) is 2.90. The highest BCUT2D eigenvalue weighted by atomic mass is 16.3. The zero-order chi connectivity index (χ0) is 12.3. The van der Waals surface area contributed by atoms with Gasteiger partial charge in [-0.15, -0.1) is 0 Å². The molecule has 0 bridgehead atoms. The fraction of sp³-hybridized carbons (Fsp3) is 0.769. The van der Waals surface area contributed by atoms with Gasteiger partial charge in [-0.3, -0.25) is 9.58 Å². The van der Waals surface area contributed by atoms with Crippen molar-refractivity contribution in [1.82, 2.24) is 14.7 Å². The third-order valence-electron chi connectivity index (χ3n) is 3.78. The normalized spacial score (nSPS) is 23.1. The highest BCUT2D eigenvalue weighted by Gasteiger charge is 2.24. The van der Waals surface area contributed by atoms with Crippen LogP contribution in [0.5, 0.6) is 0 Å². The highest BCUT2D eigenvalue weighted by molar-refractivity contribution is 5.00. The number of nitrogens with zero attached hydrogens (tertiary/aromatic N) is 3. The van der Waals surface area contributed by atoms with Crippen molar-refractivity contribution in [3.63, 3.8) is 0 Å². The molecule has 0 aromatic carbocycles. The molecule has 0 radical (unpaired) electrons. The lowest BCUT2D eigenvalue weighted by molar-refractivity contribution is 0.152. The van der Waals surface area contributed by atoms with E-state index in [1.165, 1.54) is 6.42 Å². The number of hydrogen-bond acceptors (Lipinski definition) is 3. The van der Waals surface area contributed by atoms with E-state index in [9.17, 15) is 5.11 Å². The fourth-order valence-corrected chi connectivity index (χ4v) is 2.41. The van der Waals surface area contributed by atoms with E-state index in [-0.39, 0.29) is 6.61 Å². The van der Waals surface area contributed by atoms with Gasteiger partial charge >= 0.3 is 0 Å². The summed E-state index contributed by atoms with van der Waals surface area (Å²) in [5.74, 6) is 0. The monoisotopic (exact) mass is 237 g/mol. The minimum Gasteiger partial charge on any atom is -0.395 e. The Labute approximate surface area is 103 Å². The highest BCUT2D eigenvalue weighted by Crippen LogP contribution is 2.19. The second-order valence-corrected chi connectivity index (χ2v) is 4.99. The number of hydrogen-bond donors (Lipinski definition) is 1. The summed E-state index contributed by atoms with van der Waals surface area (Å²) in [7, 11) is 0. The molecule has 4 heteroatoms. The van der Waals surface area contributed by atoms with Crippen LogP contribution in [-0.2, 0) is 6.54 Å². The molecule has 1 unspecified atom stereocenters. The minimum absolute atomic E-state index is 0.270. The van der Waals surface area contributed by atoms with Gasteiger partial charge in [0.25, 0.3) is 0 Å². The van der Waals surface area contributed by atoms with E-state index >= 15 is 0 Å². The summed E-state index contributed by atoms with van der Waals surface area (Å²) in [6.07, 6.45) is 5.47. The molecular formula is C13H23N3O. The predicted molar refractivity (Wildman–Crippen MR) is 67.7 cm³/mol. The van der Waals surface area contributed by atoms with Crippen LogP contribution in [0.25, 0.3) is 0 Å². The molecule has 1 fully saturated rings. The zero-order valence-electron chi connectivity index (χ0n) is 10.8. The van der Waals surface area contributed by atoms with Gasteiger partial charge in [-0.05, 0) is 38.8 Å². The second-order valence-electron chi connectivity index (χ2n) is 4.99. The molecule has 1 aliphatic heterocycles. The Hall–Kier alpha value is -0.870. The second kappa shape index (κ2) is 5.65. The van der Waals surface area contributed by atoms with Crippen LogP contribution in [0.3, 0.4) is 0 Å². The van der Waals surface area contributed by atoms with Gasteiger partial charge in [-0.1, -0.05) is 6.92 Å². The summed E-state index contributed by atoms with van der Waals surface area (Å²) < 4.78 is 2.04. The van der Waals surface area contributed by atoms with Crippen molar-refractivity contribution >= 4 is 0 Å². The Balaban J connectivity index is 1.96. The lowest BCUT2D eigenvalue weighted by Gasteiger charge is -2.21. The molecule has 0 saturated carbocycles. The van der Waals surface area contributed by atoms with Gasteiger partial charge in [0.1, 0.15) is 0 Å². The lowest BCUT2D eigenvalue weighted by atomic mass is 10.2. The smallest absolute Gasteiger partial charge is 0.0765 e. The molecule has 2 heterocycles. The van der Waals surface area contributed by atoms with Crippen LogP contribution < -0.4 is 0 Å². The summed E-state index contributed by atoms with van der Waals surface area (Å²) in [4.78, 5) is 2.34. The number of likely N-dealkylation sites (tertiary alicyclic amines) is 1. The third-order valence-corrected chi connectivity index (χ3v) is 3.78. The summed E-state index contributed by atoms with van der Waals surface area (Å²) >= 11 is 0. The number of aromatic nitrogens is 2. The first-order chi connectivity index (χ1) is 8.24. The molecule has 1 aromatic heterocycles. The van der Waals surface area contributed by atoms with Crippen LogP contribution in [0.2, 0.25) is 0 Å².